The molecule has 0 aromatic heterocycles. The first-order valence-electron chi connectivity index (χ1n) is 8.92. The predicted molar refractivity (Wildman–Crippen MR) is 110 cm³/mol. The summed E-state index contributed by atoms with van der Waals surface area (Å²) in [6, 6.07) is 10.4. The van der Waals surface area contributed by atoms with Crippen LogP contribution in [0.2, 0.25) is 0 Å². The van der Waals surface area contributed by atoms with Gasteiger partial charge in [0.15, 0.2) is 0 Å². The van der Waals surface area contributed by atoms with Crippen molar-refractivity contribution in [1.29, 1.82) is 0 Å². The summed E-state index contributed by atoms with van der Waals surface area (Å²) in [5.74, 6) is -1.21. The quantitative estimate of drug-likeness (QED) is 0.772. The summed E-state index contributed by atoms with van der Waals surface area (Å²) >= 11 is 0. The second-order valence-electron chi connectivity index (χ2n) is 6.42. The summed E-state index contributed by atoms with van der Waals surface area (Å²) < 4.78 is 19.6. The van der Waals surface area contributed by atoms with Gasteiger partial charge in [0.05, 0.1) is 19.2 Å². The van der Waals surface area contributed by atoms with Crippen molar-refractivity contribution < 1.29 is 23.8 Å². The van der Waals surface area contributed by atoms with E-state index < -0.39 is 11.8 Å². The fourth-order valence-electron chi connectivity index (χ4n) is 3.04. The lowest BCUT2D eigenvalue weighted by Gasteiger charge is -2.33. The molecule has 1 saturated heterocycles. The van der Waals surface area contributed by atoms with Gasteiger partial charge in [-0.25, -0.2) is 14.0 Å². The van der Waals surface area contributed by atoms with Gasteiger partial charge >= 0.3 is 12.0 Å². The maximum Gasteiger partial charge on any atom is 0.335 e. The van der Waals surface area contributed by atoms with Gasteiger partial charge in [-0.2, -0.15) is 0 Å². The molecule has 2 N–H and O–H groups in total. The maximum atomic E-state index is 14.5. The first kappa shape index (κ1) is 22.4. The van der Waals surface area contributed by atoms with Gasteiger partial charge in [-0.05, 0) is 36.4 Å². The van der Waals surface area contributed by atoms with Gasteiger partial charge in [0.1, 0.15) is 11.6 Å². The highest BCUT2D eigenvalue weighted by atomic mass is 35.5. The van der Waals surface area contributed by atoms with Crippen molar-refractivity contribution in [2.24, 2.45) is 0 Å². The highest BCUT2D eigenvalue weighted by Gasteiger charge is 2.25. The lowest BCUT2D eigenvalue weighted by molar-refractivity contribution is 0.0696. The smallest absolute Gasteiger partial charge is 0.335 e. The van der Waals surface area contributed by atoms with Gasteiger partial charge in [0.25, 0.3) is 0 Å². The summed E-state index contributed by atoms with van der Waals surface area (Å²) in [5.41, 5.74) is 0.709. The number of carbonyl (C=O) groups excluding carboxylic acids is 1. The number of benzene rings is 2. The second-order valence-corrected chi connectivity index (χ2v) is 6.42. The zero-order chi connectivity index (χ0) is 20.1. The average molecular weight is 424 g/mol. The van der Waals surface area contributed by atoms with Crippen LogP contribution in [0.4, 0.5) is 14.9 Å². The Labute approximate surface area is 174 Å². The SMILES string of the molecule is COc1ccc(N(Cc2ccc(C(=O)O)cc2F)C(=O)N2CCNCC2)cc1.Cl. The van der Waals surface area contributed by atoms with Crippen LogP contribution in [0.25, 0.3) is 0 Å². The standard InChI is InChI=1S/C20H22FN3O4.ClH/c1-28-17-6-4-16(5-7-17)24(20(27)23-10-8-22-9-11-23)13-15-3-2-14(19(25)26)12-18(15)21;/h2-7,12,22H,8-11,13H2,1H3,(H,25,26);1H. The van der Waals surface area contributed by atoms with E-state index >= 15 is 0 Å². The molecule has 9 heteroatoms. The number of hydrogen-bond acceptors (Lipinski definition) is 4. The molecule has 0 aliphatic carbocycles. The van der Waals surface area contributed by atoms with Gasteiger partial charge in [-0.3, -0.25) is 4.90 Å². The number of amides is 2. The van der Waals surface area contributed by atoms with E-state index in [9.17, 15) is 14.0 Å². The number of carboxylic acids is 1. The molecule has 156 valence electrons. The van der Waals surface area contributed by atoms with Crippen LogP contribution < -0.4 is 15.0 Å². The van der Waals surface area contributed by atoms with Crippen LogP contribution in [0.15, 0.2) is 42.5 Å². The molecule has 2 amide bonds. The molecule has 29 heavy (non-hydrogen) atoms. The lowest BCUT2D eigenvalue weighted by Crippen LogP contribution is -2.51. The normalized spacial score (nSPS) is 13.4. The van der Waals surface area contributed by atoms with Crippen molar-refractivity contribution >= 4 is 30.1 Å². The molecule has 0 radical (unpaired) electrons. The average Bonchev–Trinajstić information content (AvgIpc) is 2.73. The van der Waals surface area contributed by atoms with E-state index in [1.165, 1.54) is 17.0 Å². The number of piperazine rings is 1. The molecule has 2 aromatic rings. The maximum absolute atomic E-state index is 14.5. The van der Waals surface area contributed by atoms with E-state index in [1.807, 2.05) is 0 Å². The zero-order valence-electron chi connectivity index (χ0n) is 15.9. The molecule has 1 fully saturated rings. The summed E-state index contributed by atoms with van der Waals surface area (Å²) in [6.45, 7) is 2.51. The molecule has 1 aliphatic heterocycles. The molecule has 1 heterocycles. The van der Waals surface area contributed by atoms with E-state index in [0.29, 0.717) is 37.6 Å². The van der Waals surface area contributed by atoms with Crippen molar-refractivity contribution in [3.8, 4) is 5.75 Å². The molecule has 0 unspecified atom stereocenters. The number of urea groups is 1. The van der Waals surface area contributed by atoms with Crippen LogP contribution in [0, 0.1) is 5.82 Å². The minimum absolute atomic E-state index is 0. The van der Waals surface area contributed by atoms with Crippen LogP contribution >= 0.6 is 12.4 Å². The number of aromatic carboxylic acids is 1. The van der Waals surface area contributed by atoms with Crippen molar-refractivity contribution in [2.45, 2.75) is 6.54 Å². The Hall–Kier alpha value is -2.84. The summed E-state index contributed by atoms with van der Waals surface area (Å²) in [6.07, 6.45) is 0. The number of rotatable bonds is 5. The number of ether oxygens (including phenoxy) is 1. The Morgan fingerprint density at radius 1 is 1.17 bits per heavy atom. The second kappa shape index (κ2) is 10.1. The van der Waals surface area contributed by atoms with E-state index in [-0.39, 0.29) is 36.1 Å². The third-order valence-corrected chi connectivity index (χ3v) is 4.63. The Morgan fingerprint density at radius 2 is 1.83 bits per heavy atom. The van der Waals surface area contributed by atoms with Gasteiger partial charge in [0, 0.05) is 37.4 Å². The van der Waals surface area contributed by atoms with Gasteiger partial charge in [-0.1, -0.05) is 6.07 Å². The molecular formula is C20H23ClFN3O4. The summed E-state index contributed by atoms with van der Waals surface area (Å²) in [7, 11) is 1.55. The highest BCUT2D eigenvalue weighted by molar-refractivity contribution is 5.92. The number of anilines is 1. The third-order valence-electron chi connectivity index (χ3n) is 4.63. The fourth-order valence-corrected chi connectivity index (χ4v) is 3.04. The number of halogens is 2. The molecule has 0 spiro atoms. The topological polar surface area (TPSA) is 82.1 Å². The monoisotopic (exact) mass is 423 g/mol. The lowest BCUT2D eigenvalue weighted by atomic mass is 10.1. The van der Waals surface area contributed by atoms with Crippen LogP contribution in [0.5, 0.6) is 5.75 Å². The highest BCUT2D eigenvalue weighted by Crippen LogP contribution is 2.24. The molecule has 7 nitrogen and oxygen atoms in total. The summed E-state index contributed by atoms with van der Waals surface area (Å²) in [5, 5.41) is 12.2. The predicted octanol–water partition coefficient (Wildman–Crippen LogP) is 2.99. The number of methoxy groups -OCH3 is 1. The third kappa shape index (κ3) is 5.36. The van der Waals surface area contributed by atoms with Crippen LogP contribution in [-0.2, 0) is 6.54 Å². The number of nitrogens with zero attached hydrogens (tertiary/aromatic N) is 2. The molecule has 0 atom stereocenters. The molecule has 1 aliphatic rings. The molecular weight excluding hydrogens is 401 g/mol. The number of carboxylic acid groups (broad SMARTS) is 1. The van der Waals surface area contributed by atoms with Crippen molar-refractivity contribution in [3.63, 3.8) is 0 Å². The van der Waals surface area contributed by atoms with Gasteiger partial charge in [0.2, 0.25) is 0 Å². The minimum atomic E-state index is -1.20. The van der Waals surface area contributed by atoms with Gasteiger partial charge in [-0.15, -0.1) is 12.4 Å². The van der Waals surface area contributed by atoms with Gasteiger partial charge < -0.3 is 20.1 Å². The molecule has 0 saturated carbocycles. The number of carbonyl (C=O) groups is 2. The Bertz CT molecular complexity index is 857. The molecule has 0 bridgehead atoms. The zero-order valence-corrected chi connectivity index (χ0v) is 16.7. The fraction of sp³-hybridized carbons (Fsp3) is 0.300. The van der Waals surface area contributed by atoms with Crippen LogP contribution in [-0.4, -0.2) is 55.3 Å². The van der Waals surface area contributed by atoms with E-state index in [1.54, 1.807) is 36.3 Å². The molecule has 2 aromatic carbocycles. The number of nitrogens with one attached hydrogen (secondary N) is 1. The Kier molecular flexibility index (Phi) is 7.81. The Balaban J connectivity index is 0.00000300. The summed E-state index contributed by atoms with van der Waals surface area (Å²) in [4.78, 5) is 27.4. The van der Waals surface area contributed by atoms with E-state index in [4.69, 9.17) is 9.84 Å². The van der Waals surface area contributed by atoms with E-state index in [2.05, 4.69) is 5.32 Å². The minimum Gasteiger partial charge on any atom is -0.497 e. The van der Waals surface area contributed by atoms with Crippen molar-refractivity contribution in [3.05, 3.63) is 59.4 Å². The van der Waals surface area contributed by atoms with Crippen molar-refractivity contribution in [2.75, 3.05) is 38.2 Å². The molecule has 3 rings (SSSR count). The van der Waals surface area contributed by atoms with Crippen molar-refractivity contribution in [1.82, 2.24) is 10.2 Å². The Morgan fingerprint density at radius 3 is 2.38 bits per heavy atom. The van der Waals surface area contributed by atoms with Crippen LogP contribution in [0.1, 0.15) is 15.9 Å². The van der Waals surface area contributed by atoms with Crippen LogP contribution in [0.3, 0.4) is 0 Å². The number of hydrogen-bond donors (Lipinski definition) is 2. The first-order chi connectivity index (χ1) is 13.5. The largest absolute Gasteiger partial charge is 0.497 e. The first-order valence-corrected chi connectivity index (χ1v) is 8.92. The van der Waals surface area contributed by atoms with E-state index in [0.717, 1.165) is 6.07 Å².